The zero-order valence-electron chi connectivity index (χ0n) is 6.55. The molecule has 0 aromatic heterocycles. The predicted molar refractivity (Wildman–Crippen MR) is 51.6 cm³/mol. The third-order valence-corrected chi connectivity index (χ3v) is 2.29. The van der Waals surface area contributed by atoms with Crippen LogP contribution in [0.5, 0.6) is 0 Å². The van der Waals surface area contributed by atoms with Gasteiger partial charge in [0, 0.05) is 5.75 Å². The molecule has 10 heavy (non-hydrogen) atoms. The van der Waals surface area contributed by atoms with Crippen LogP contribution < -0.4 is 0 Å². The molecule has 0 aromatic carbocycles. The highest BCUT2D eigenvalue weighted by Gasteiger charge is 1.94. The van der Waals surface area contributed by atoms with Crippen molar-refractivity contribution in [3.63, 3.8) is 0 Å². The van der Waals surface area contributed by atoms with E-state index < -0.39 is 0 Å². The molecule has 0 aromatic rings. The van der Waals surface area contributed by atoms with Crippen LogP contribution in [0.1, 0.15) is 26.7 Å². The summed E-state index contributed by atoms with van der Waals surface area (Å²) in [5.74, 6) is 1.07. The Bertz CT molecular complexity index is 83.6. The maximum atomic E-state index is 5.19. The van der Waals surface area contributed by atoms with Crippen LogP contribution >= 0.6 is 24.0 Å². The average Bonchev–Trinajstić information content (AvgIpc) is 1.97. The van der Waals surface area contributed by atoms with Gasteiger partial charge in [-0.05, 0) is 25.1 Å². The topological polar surface area (TPSA) is 9.23 Å². The van der Waals surface area contributed by atoms with Gasteiger partial charge in [-0.1, -0.05) is 25.6 Å². The zero-order valence-corrected chi connectivity index (χ0v) is 8.19. The number of thioether (sulfide) groups is 1. The molecule has 0 amide bonds. The predicted octanol–water partition coefficient (Wildman–Crippen LogP) is 2.84. The second-order valence-electron chi connectivity index (χ2n) is 1.95. The molecule has 0 saturated heterocycles. The van der Waals surface area contributed by atoms with Gasteiger partial charge in [-0.25, -0.2) is 0 Å². The van der Waals surface area contributed by atoms with Crippen LogP contribution in [-0.2, 0) is 4.74 Å². The van der Waals surface area contributed by atoms with Crippen molar-refractivity contribution in [3.8, 4) is 0 Å². The molecule has 0 rings (SSSR count). The van der Waals surface area contributed by atoms with Crippen LogP contribution in [0.3, 0.4) is 0 Å². The van der Waals surface area contributed by atoms with Crippen LogP contribution in [0, 0.1) is 0 Å². The summed E-state index contributed by atoms with van der Waals surface area (Å²) in [7, 11) is 0. The van der Waals surface area contributed by atoms with Gasteiger partial charge in [-0.3, -0.25) is 0 Å². The van der Waals surface area contributed by atoms with Gasteiger partial charge in [0.25, 0.3) is 0 Å². The van der Waals surface area contributed by atoms with Gasteiger partial charge in [0.15, 0.2) is 0 Å². The maximum Gasteiger partial charge on any atom is 0.219 e. The Morgan fingerprint density at radius 2 is 2.10 bits per heavy atom. The van der Waals surface area contributed by atoms with E-state index in [-0.39, 0.29) is 0 Å². The van der Waals surface area contributed by atoms with E-state index in [4.69, 9.17) is 17.0 Å². The molecule has 0 atom stereocenters. The van der Waals surface area contributed by atoms with E-state index in [0.29, 0.717) is 4.38 Å². The number of hydrogen-bond acceptors (Lipinski definition) is 3. The maximum absolute atomic E-state index is 5.19. The molecule has 0 aliphatic carbocycles. The van der Waals surface area contributed by atoms with Crippen molar-refractivity contribution in [2.75, 3.05) is 12.4 Å². The number of rotatable bonds is 4. The molecule has 0 fully saturated rings. The molecule has 1 nitrogen and oxygen atoms in total. The molecular formula is C7H14OS2. The van der Waals surface area contributed by atoms with Crippen LogP contribution in [0.2, 0.25) is 0 Å². The van der Waals surface area contributed by atoms with Crippen molar-refractivity contribution < 1.29 is 4.74 Å². The third-order valence-electron chi connectivity index (χ3n) is 0.848. The Morgan fingerprint density at radius 3 is 2.60 bits per heavy atom. The van der Waals surface area contributed by atoms with Crippen LogP contribution in [0.25, 0.3) is 0 Å². The molecule has 0 N–H and O–H groups in total. The monoisotopic (exact) mass is 178 g/mol. The summed E-state index contributed by atoms with van der Waals surface area (Å²) in [5, 5.41) is 0. The molecule has 0 aliphatic heterocycles. The molecule has 0 bridgehead atoms. The Morgan fingerprint density at radius 1 is 1.40 bits per heavy atom. The van der Waals surface area contributed by atoms with Crippen molar-refractivity contribution >= 4 is 28.4 Å². The Balaban J connectivity index is 3.09. The second-order valence-corrected chi connectivity index (χ2v) is 3.64. The minimum absolute atomic E-state index is 0.698. The summed E-state index contributed by atoms with van der Waals surface area (Å²) in [5.41, 5.74) is 0. The van der Waals surface area contributed by atoms with Crippen molar-refractivity contribution in [1.82, 2.24) is 0 Å². The lowest BCUT2D eigenvalue weighted by atomic mass is 10.5. The molecule has 60 valence electrons. The summed E-state index contributed by atoms with van der Waals surface area (Å²) >= 11 is 6.55. The van der Waals surface area contributed by atoms with E-state index in [1.54, 1.807) is 11.8 Å². The minimum Gasteiger partial charge on any atom is -0.479 e. The van der Waals surface area contributed by atoms with Gasteiger partial charge in [0.1, 0.15) is 0 Å². The number of ether oxygens (including phenoxy) is 1. The minimum atomic E-state index is 0.698. The first-order valence-electron chi connectivity index (χ1n) is 3.60. The van der Waals surface area contributed by atoms with Gasteiger partial charge in [-0.15, -0.1) is 0 Å². The van der Waals surface area contributed by atoms with E-state index >= 15 is 0 Å². The van der Waals surface area contributed by atoms with Gasteiger partial charge >= 0.3 is 0 Å². The highest BCUT2D eigenvalue weighted by molar-refractivity contribution is 8.22. The van der Waals surface area contributed by atoms with Crippen molar-refractivity contribution in [3.05, 3.63) is 0 Å². The third kappa shape index (κ3) is 6.36. The van der Waals surface area contributed by atoms with Gasteiger partial charge in [-0.2, -0.15) is 0 Å². The lowest BCUT2D eigenvalue weighted by molar-refractivity contribution is 0.322. The van der Waals surface area contributed by atoms with Crippen LogP contribution in [0.15, 0.2) is 0 Å². The first-order chi connectivity index (χ1) is 4.81. The standard InChI is InChI=1S/C7H14OS2/c1-3-5-8-7(9)10-6-4-2/h3-6H2,1-2H3. The molecule has 0 heterocycles. The Labute approximate surface area is 72.5 Å². The summed E-state index contributed by atoms with van der Waals surface area (Å²) in [6, 6.07) is 0. The molecule has 3 heteroatoms. The fraction of sp³-hybridized carbons (Fsp3) is 0.857. The van der Waals surface area contributed by atoms with E-state index in [1.165, 1.54) is 0 Å². The highest BCUT2D eigenvalue weighted by Crippen LogP contribution is 2.06. The van der Waals surface area contributed by atoms with Crippen molar-refractivity contribution in [2.24, 2.45) is 0 Å². The lowest BCUT2D eigenvalue weighted by Gasteiger charge is -2.03. The quantitative estimate of drug-likeness (QED) is 0.613. The van der Waals surface area contributed by atoms with E-state index in [1.807, 2.05) is 0 Å². The molecule has 0 radical (unpaired) electrons. The average molecular weight is 178 g/mol. The highest BCUT2D eigenvalue weighted by atomic mass is 32.2. The zero-order chi connectivity index (χ0) is 7.82. The fourth-order valence-electron chi connectivity index (χ4n) is 0.412. The van der Waals surface area contributed by atoms with Crippen molar-refractivity contribution in [2.45, 2.75) is 26.7 Å². The van der Waals surface area contributed by atoms with E-state index in [0.717, 1.165) is 25.2 Å². The molecule has 0 aliphatic rings. The summed E-state index contributed by atoms with van der Waals surface area (Å²) in [4.78, 5) is 0. The molecular weight excluding hydrogens is 164 g/mol. The van der Waals surface area contributed by atoms with Crippen LogP contribution in [0.4, 0.5) is 0 Å². The molecule has 0 unspecified atom stereocenters. The summed E-state index contributed by atoms with van der Waals surface area (Å²) < 4.78 is 5.89. The number of hydrogen-bond donors (Lipinski definition) is 0. The molecule has 0 saturated carbocycles. The normalized spacial score (nSPS) is 9.40. The second kappa shape index (κ2) is 7.35. The Hall–Kier alpha value is 0.240. The van der Waals surface area contributed by atoms with E-state index in [2.05, 4.69) is 13.8 Å². The lowest BCUT2D eigenvalue weighted by Crippen LogP contribution is -1.98. The van der Waals surface area contributed by atoms with Gasteiger partial charge in [0.05, 0.1) is 6.61 Å². The first kappa shape index (κ1) is 10.2. The van der Waals surface area contributed by atoms with E-state index in [9.17, 15) is 0 Å². The fourth-order valence-corrected chi connectivity index (χ4v) is 1.28. The number of thiocarbonyl (C=S) groups is 1. The van der Waals surface area contributed by atoms with Crippen molar-refractivity contribution in [1.29, 1.82) is 0 Å². The van der Waals surface area contributed by atoms with Gasteiger partial charge in [0.2, 0.25) is 4.38 Å². The largest absolute Gasteiger partial charge is 0.479 e. The molecule has 0 spiro atoms. The summed E-state index contributed by atoms with van der Waals surface area (Å²) in [6.45, 7) is 4.97. The smallest absolute Gasteiger partial charge is 0.219 e. The van der Waals surface area contributed by atoms with Gasteiger partial charge < -0.3 is 4.74 Å². The summed E-state index contributed by atoms with van der Waals surface area (Å²) in [6.07, 6.45) is 2.19. The Kier molecular flexibility index (Phi) is 7.52. The first-order valence-corrected chi connectivity index (χ1v) is 5.00. The van der Waals surface area contributed by atoms with Crippen LogP contribution in [-0.4, -0.2) is 16.7 Å². The SMILES string of the molecule is CCCOC(=S)SCCC.